The van der Waals surface area contributed by atoms with E-state index in [0.29, 0.717) is 12.3 Å². The van der Waals surface area contributed by atoms with Crippen molar-refractivity contribution in [3.8, 4) is 0 Å². The Bertz CT molecular complexity index is 248. The molecule has 0 spiro atoms. The van der Waals surface area contributed by atoms with Crippen LogP contribution in [0.4, 0.5) is 0 Å². The minimum atomic E-state index is -0.291. The van der Waals surface area contributed by atoms with Gasteiger partial charge in [0, 0.05) is 19.2 Å². The van der Waals surface area contributed by atoms with Crippen molar-refractivity contribution in [3.63, 3.8) is 0 Å². The van der Waals surface area contributed by atoms with E-state index in [4.69, 9.17) is 5.11 Å². The first-order valence-corrected chi connectivity index (χ1v) is 6.62. The van der Waals surface area contributed by atoms with E-state index in [1.165, 1.54) is 0 Å². The summed E-state index contributed by atoms with van der Waals surface area (Å²) < 4.78 is 0. The molecule has 2 unspecified atom stereocenters. The molecule has 1 saturated heterocycles. The van der Waals surface area contributed by atoms with Crippen molar-refractivity contribution in [2.45, 2.75) is 46.1 Å². The molecular weight excluding hydrogens is 216 g/mol. The second-order valence-electron chi connectivity index (χ2n) is 5.68. The first-order chi connectivity index (χ1) is 7.99. The van der Waals surface area contributed by atoms with Gasteiger partial charge in [0.2, 0.25) is 5.91 Å². The van der Waals surface area contributed by atoms with Gasteiger partial charge in [0.05, 0.1) is 5.41 Å². The molecule has 3 N–H and O–H groups in total. The highest BCUT2D eigenvalue weighted by atomic mass is 16.3. The summed E-state index contributed by atoms with van der Waals surface area (Å²) in [5.74, 6) is 0.475. The third kappa shape index (κ3) is 3.96. The minimum absolute atomic E-state index is 0.0752. The van der Waals surface area contributed by atoms with E-state index >= 15 is 0 Å². The van der Waals surface area contributed by atoms with Crippen LogP contribution >= 0.6 is 0 Å². The van der Waals surface area contributed by atoms with Crippen LogP contribution in [0.5, 0.6) is 0 Å². The number of rotatable bonds is 5. The van der Waals surface area contributed by atoms with Crippen molar-refractivity contribution in [1.82, 2.24) is 10.6 Å². The molecule has 0 aromatic heterocycles. The Morgan fingerprint density at radius 2 is 2.24 bits per heavy atom. The maximum atomic E-state index is 12.3. The molecule has 0 saturated carbocycles. The van der Waals surface area contributed by atoms with E-state index < -0.39 is 0 Å². The summed E-state index contributed by atoms with van der Waals surface area (Å²) in [4.78, 5) is 12.3. The minimum Gasteiger partial charge on any atom is -0.396 e. The summed E-state index contributed by atoms with van der Waals surface area (Å²) in [6, 6.07) is 0.0752. The quantitative estimate of drug-likeness (QED) is 0.671. The molecule has 1 amide bonds. The molecule has 1 aliphatic rings. The summed E-state index contributed by atoms with van der Waals surface area (Å²) in [6.07, 6.45) is 2.62. The van der Waals surface area contributed by atoms with Gasteiger partial charge in [-0.2, -0.15) is 0 Å². The van der Waals surface area contributed by atoms with E-state index in [2.05, 4.69) is 24.5 Å². The average molecular weight is 242 g/mol. The number of piperidine rings is 1. The van der Waals surface area contributed by atoms with Crippen LogP contribution in [0, 0.1) is 11.3 Å². The van der Waals surface area contributed by atoms with Gasteiger partial charge in [0.15, 0.2) is 0 Å². The van der Waals surface area contributed by atoms with Crippen LogP contribution in [0.25, 0.3) is 0 Å². The Morgan fingerprint density at radius 1 is 1.53 bits per heavy atom. The molecule has 1 heterocycles. The lowest BCUT2D eigenvalue weighted by atomic mass is 9.81. The molecule has 0 aromatic rings. The molecule has 1 fully saturated rings. The van der Waals surface area contributed by atoms with Gasteiger partial charge < -0.3 is 15.7 Å². The number of carbonyl (C=O) groups is 1. The predicted molar refractivity (Wildman–Crippen MR) is 68.7 cm³/mol. The second-order valence-corrected chi connectivity index (χ2v) is 5.68. The maximum absolute atomic E-state index is 12.3. The molecule has 4 heteroatoms. The molecule has 100 valence electrons. The third-order valence-corrected chi connectivity index (χ3v) is 3.71. The molecule has 0 aromatic carbocycles. The Kier molecular flexibility index (Phi) is 5.40. The summed E-state index contributed by atoms with van der Waals surface area (Å²) in [6.45, 7) is 8.04. The molecular formula is C13H26N2O2. The molecule has 2 atom stereocenters. The standard InChI is InChI=1S/C13H26N2O2/c1-10(2)11(5-8-16)15-12(17)13(3)6-4-7-14-9-13/h10-11,14,16H,4-9H2,1-3H3,(H,15,17). The SMILES string of the molecule is CC(C)C(CCO)NC(=O)C1(C)CCCNC1. The molecule has 1 aliphatic heterocycles. The summed E-state index contributed by atoms with van der Waals surface area (Å²) in [5.41, 5.74) is -0.291. The molecule has 0 aliphatic carbocycles. The first-order valence-electron chi connectivity index (χ1n) is 6.62. The smallest absolute Gasteiger partial charge is 0.227 e. The van der Waals surface area contributed by atoms with Gasteiger partial charge in [-0.15, -0.1) is 0 Å². The van der Waals surface area contributed by atoms with Crippen molar-refractivity contribution in [1.29, 1.82) is 0 Å². The monoisotopic (exact) mass is 242 g/mol. The average Bonchev–Trinajstić information content (AvgIpc) is 2.29. The normalized spacial score (nSPS) is 26.9. The summed E-state index contributed by atoms with van der Waals surface area (Å²) >= 11 is 0. The number of carbonyl (C=O) groups excluding carboxylic acids is 1. The predicted octanol–water partition coefficient (Wildman–Crippen LogP) is 0.899. The van der Waals surface area contributed by atoms with Gasteiger partial charge in [-0.25, -0.2) is 0 Å². The van der Waals surface area contributed by atoms with E-state index in [-0.39, 0.29) is 24.0 Å². The maximum Gasteiger partial charge on any atom is 0.227 e. The van der Waals surface area contributed by atoms with Gasteiger partial charge in [0.1, 0.15) is 0 Å². The molecule has 0 bridgehead atoms. The summed E-state index contributed by atoms with van der Waals surface area (Å²) in [7, 11) is 0. The Labute approximate surface area is 104 Å². The fourth-order valence-corrected chi connectivity index (χ4v) is 2.30. The van der Waals surface area contributed by atoms with Crippen LogP contribution < -0.4 is 10.6 Å². The van der Waals surface area contributed by atoms with Crippen molar-refractivity contribution < 1.29 is 9.90 Å². The van der Waals surface area contributed by atoms with Crippen LogP contribution in [0.3, 0.4) is 0 Å². The lowest BCUT2D eigenvalue weighted by Crippen LogP contribution is -2.52. The topological polar surface area (TPSA) is 61.4 Å². The highest BCUT2D eigenvalue weighted by Crippen LogP contribution is 2.26. The van der Waals surface area contributed by atoms with E-state index in [1.807, 2.05) is 6.92 Å². The summed E-state index contributed by atoms with van der Waals surface area (Å²) in [5, 5.41) is 15.4. The van der Waals surface area contributed by atoms with E-state index in [1.54, 1.807) is 0 Å². The van der Waals surface area contributed by atoms with Crippen LogP contribution in [0.1, 0.15) is 40.0 Å². The van der Waals surface area contributed by atoms with Crippen LogP contribution in [0.2, 0.25) is 0 Å². The van der Waals surface area contributed by atoms with Gasteiger partial charge in [-0.05, 0) is 38.6 Å². The van der Waals surface area contributed by atoms with Crippen LogP contribution in [-0.4, -0.2) is 36.8 Å². The highest BCUT2D eigenvalue weighted by Gasteiger charge is 2.35. The van der Waals surface area contributed by atoms with E-state index in [9.17, 15) is 4.79 Å². The Hall–Kier alpha value is -0.610. The Morgan fingerprint density at radius 3 is 2.71 bits per heavy atom. The number of nitrogens with one attached hydrogen (secondary N) is 2. The first kappa shape index (κ1) is 14.5. The Balaban J connectivity index is 2.56. The number of hydrogen-bond donors (Lipinski definition) is 3. The number of hydrogen-bond acceptors (Lipinski definition) is 3. The molecule has 1 rings (SSSR count). The van der Waals surface area contributed by atoms with Crippen LogP contribution in [-0.2, 0) is 4.79 Å². The zero-order chi connectivity index (χ0) is 12.9. The largest absolute Gasteiger partial charge is 0.396 e. The molecule has 17 heavy (non-hydrogen) atoms. The number of amides is 1. The van der Waals surface area contributed by atoms with Crippen molar-refractivity contribution in [2.75, 3.05) is 19.7 Å². The zero-order valence-corrected chi connectivity index (χ0v) is 11.3. The van der Waals surface area contributed by atoms with Gasteiger partial charge in [0.25, 0.3) is 0 Å². The zero-order valence-electron chi connectivity index (χ0n) is 11.3. The number of aliphatic hydroxyl groups is 1. The van der Waals surface area contributed by atoms with Gasteiger partial charge in [-0.1, -0.05) is 13.8 Å². The van der Waals surface area contributed by atoms with Gasteiger partial charge >= 0.3 is 0 Å². The second kappa shape index (κ2) is 6.36. The fraction of sp³-hybridized carbons (Fsp3) is 0.923. The van der Waals surface area contributed by atoms with Crippen molar-refractivity contribution in [3.05, 3.63) is 0 Å². The van der Waals surface area contributed by atoms with Crippen molar-refractivity contribution >= 4 is 5.91 Å². The number of aliphatic hydroxyl groups excluding tert-OH is 1. The van der Waals surface area contributed by atoms with Crippen molar-refractivity contribution in [2.24, 2.45) is 11.3 Å². The van der Waals surface area contributed by atoms with E-state index in [0.717, 1.165) is 25.9 Å². The fourth-order valence-electron chi connectivity index (χ4n) is 2.30. The third-order valence-electron chi connectivity index (χ3n) is 3.71. The molecule has 4 nitrogen and oxygen atoms in total. The lowest BCUT2D eigenvalue weighted by Gasteiger charge is -2.35. The lowest BCUT2D eigenvalue weighted by molar-refractivity contribution is -0.132. The molecule has 0 radical (unpaired) electrons. The van der Waals surface area contributed by atoms with Gasteiger partial charge in [-0.3, -0.25) is 4.79 Å². The highest BCUT2D eigenvalue weighted by molar-refractivity contribution is 5.82. The van der Waals surface area contributed by atoms with Crippen LogP contribution in [0.15, 0.2) is 0 Å².